The van der Waals surface area contributed by atoms with Crippen LogP contribution in [0.2, 0.25) is 10.0 Å². The van der Waals surface area contributed by atoms with E-state index < -0.39 is 0 Å². The maximum absolute atomic E-state index is 9.35. The van der Waals surface area contributed by atoms with Crippen molar-refractivity contribution >= 4 is 35.8 Å². The van der Waals surface area contributed by atoms with Crippen LogP contribution >= 0.6 is 35.8 Å². The summed E-state index contributed by atoms with van der Waals surface area (Å²) in [6.45, 7) is 0. The van der Waals surface area contributed by atoms with Crippen LogP contribution < -0.4 is 0 Å². The molecule has 2 nitrogen and oxygen atoms in total. The Kier molecular flexibility index (Phi) is 3.28. The Morgan fingerprint density at radius 1 is 1.19 bits per heavy atom. The molecule has 1 aromatic carbocycles. The van der Waals surface area contributed by atoms with Crippen molar-refractivity contribution < 1.29 is 5.11 Å². The zero-order valence-electron chi connectivity index (χ0n) is 7.98. The van der Waals surface area contributed by atoms with Crippen LogP contribution in [0.4, 0.5) is 0 Å². The van der Waals surface area contributed by atoms with Gasteiger partial charge < -0.3 is 5.11 Å². The summed E-state index contributed by atoms with van der Waals surface area (Å²) in [4.78, 5) is 4.62. The molecule has 82 valence electrons. The van der Waals surface area contributed by atoms with Crippen LogP contribution in [-0.2, 0) is 0 Å². The van der Waals surface area contributed by atoms with Gasteiger partial charge >= 0.3 is 0 Å². The van der Waals surface area contributed by atoms with Crippen molar-refractivity contribution in [2.45, 2.75) is 4.90 Å². The molecule has 1 N–H and O–H groups in total. The Balaban J connectivity index is 2.54. The Labute approximate surface area is 108 Å². The van der Waals surface area contributed by atoms with Crippen LogP contribution in [0.1, 0.15) is 0 Å². The van der Waals surface area contributed by atoms with Crippen LogP contribution in [0.15, 0.2) is 35.4 Å². The van der Waals surface area contributed by atoms with E-state index in [1.54, 1.807) is 24.3 Å². The Hall–Kier alpha value is -0.900. The van der Waals surface area contributed by atoms with Crippen molar-refractivity contribution in [3.05, 3.63) is 40.5 Å². The topological polar surface area (TPSA) is 33.1 Å². The van der Waals surface area contributed by atoms with Crippen molar-refractivity contribution in [1.82, 2.24) is 4.98 Å². The van der Waals surface area contributed by atoms with E-state index in [0.717, 1.165) is 5.56 Å². The molecule has 0 saturated carbocycles. The fourth-order valence-corrected chi connectivity index (χ4v) is 2.00. The summed E-state index contributed by atoms with van der Waals surface area (Å²) in [7, 11) is 0. The number of pyridine rings is 1. The molecule has 1 heterocycles. The second-order valence-electron chi connectivity index (χ2n) is 3.19. The van der Waals surface area contributed by atoms with E-state index in [0.29, 0.717) is 20.6 Å². The smallest absolute Gasteiger partial charge is 0.128 e. The second-order valence-corrected chi connectivity index (χ2v) is 4.51. The van der Waals surface area contributed by atoms with Crippen LogP contribution in [0, 0.1) is 0 Å². The number of hydrogen-bond acceptors (Lipinski definition) is 3. The third-order valence-corrected chi connectivity index (χ3v) is 2.91. The van der Waals surface area contributed by atoms with Gasteiger partial charge in [0.25, 0.3) is 0 Å². The minimum Gasteiger partial charge on any atom is -0.507 e. The highest BCUT2D eigenvalue weighted by molar-refractivity contribution is 7.80. The number of phenolic OH excluding ortho intramolecular Hbond substituents is 1. The Morgan fingerprint density at radius 3 is 2.56 bits per heavy atom. The van der Waals surface area contributed by atoms with Crippen molar-refractivity contribution in [3.63, 3.8) is 0 Å². The number of nitrogens with zero attached hydrogens (tertiary/aromatic N) is 1. The Bertz CT molecular complexity index is 546. The van der Waals surface area contributed by atoms with Crippen molar-refractivity contribution in [2.75, 3.05) is 0 Å². The number of aromatic hydroxyl groups is 1. The van der Waals surface area contributed by atoms with Crippen LogP contribution in [0.25, 0.3) is 11.3 Å². The first-order valence-electron chi connectivity index (χ1n) is 4.41. The molecule has 5 heteroatoms. The van der Waals surface area contributed by atoms with Gasteiger partial charge in [-0.15, -0.1) is 12.6 Å². The first-order chi connectivity index (χ1) is 7.58. The molecule has 0 fully saturated rings. The summed E-state index contributed by atoms with van der Waals surface area (Å²) in [6, 6.07) is 6.58. The molecule has 0 aliphatic heterocycles. The van der Waals surface area contributed by atoms with E-state index >= 15 is 0 Å². The lowest BCUT2D eigenvalue weighted by atomic mass is 10.1. The Morgan fingerprint density at radius 2 is 1.94 bits per heavy atom. The number of thiol groups is 1. The summed E-state index contributed by atoms with van der Waals surface area (Å²) in [5.74, 6) is 0.122. The van der Waals surface area contributed by atoms with Gasteiger partial charge in [0.15, 0.2) is 0 Å². The van der Waals surface area contributed by atoms with Crippen molar-refractivity contribution in [2.24, 2.45) is 0 Å². The summed E-state index contributed by atoms with van der Waals surface area (Å²) in [5.41, 5.74) is 1.39. The predicted molar refractivity (Wildman–Crippen MR) is 68.6 cm³/mol. The molecule has 0 unspecified atom stereocenters. The van der Waals surface area contributed by atoms with E-state index in [1.165, 1.54) is 6.20 Å². The molecule has 1 aromatic heterocycles. The van der Waals surface area contributed by atoms with E-state index in [1.807, 2.05) is 0 Å². The largest absolute Gasteiger partial charge is 0.507 e. The summed E-state index contributed by atoms with van der Waals surface area (Å²) < 4.78 is 0. The lowest BCUT2D eigenvalue weighted by Gasteiger charge is -2.05. The second kappa shape index (κ2) is 4.53. The molecule has 0 aliphatic rings. The number of aromatic nitrogens is 1. The van der Waals surface area contributed by atoms with Gasteiger partial charge in [-0.2, -0.15) is 0 Å². The zero-order valence-corrected chi connectivity index (χ0v) is 10.4. The highest BCUT2D eigenvalue weighted by atomic mass is 35.5. The number of rotatable bonds is 1. The molecule has 0 radical (unpaired) electrons. The molecule has 0 bridgehead atoms. The molecule has 0 atom stereocenters. The molecular formula is C11H7Cl2NOS. The average molecular weight is 272 g/mol. The summed E-state index contributed by atoms with van der Waals surface area (Å²) in [6.07, 6.45) is 1.52. The number of phenols is 1. The van der Waals surface area contributed by atoms with E-state index in [4.69, 9.17) is 23.2 Å². The molecule has 2 rings (SSSR count). The highest BCUT2D eigenvalue weighted by Gasteiger charge is 2.07. The van der Waals surface area contributed by atoms with E-state index in [9.17, 15) is 5.11 Å². The molecular weight excluding hydrogens is 265 g/mol. The quantitative estimate of drug-likeness (QED) is 0.768. The molecule has 0 amide bonds. The normalized spacial score (nSPS) is 10.4. The first kappa shape index (κ1) is 11.6. The SMILES string of the molecule is Oc1ccc(-c2ncc(Cl)cc2Cl)cc1S. The highest BCUT2D eigenvalue weighted by Crippen LogP contribution is 2.31. The molecule has 0 spiro atoms. The van der Waals surface area contributed by atoms with Crippen LogP contribution in [-0.4, -0.2) is 10.1 Å². The maximum Gasteiger partial charge on any atom is 0.128 e. The number of benzene rings is 1. The standard InChI is InChI=1S/C11H7Cl2NOS/c12-7-4-8(13)11(14-5-7)6-1-2-9(15)10(16)3-6/h1-5,15-16H. The minimum absolute atomic E-state index is 0.122. The van der Waals surface area contributed by atoms with Gasteiger partial charge in [-0.25, -0.2) is 0 Å². The maximum atomic E-state index is 9.35. The molecule has 16 heavy (non-hydrogen) atoms. The van der Waals surface area contributed by atoms with Gasteiger partial charge in [-0.3, -0.25) is 4.98 Å². The molecule has 2 aromatic rings. The predicted octanol–water partition coefficient (Wildman–Crippen LogP) is 4.05. The zero-order chi connectivity index (χ0) is 11.7. The summed E-state index contributed by atoms with van der Waals surface area (Å²) >= 11 is 15.9. The van der Waals surface area contributed by atoms with Gasteiger partial charge in [0.2, 0.25) is 0 Å². The lowest BCUT2D eigenvalue weighted by Crippen LogP contribution is -1.85. The summed E-state index contributed by atoms with van der Waals surface area (Å²) in [5, 5.41) is 10.3. The van der Waals surface area contributed by atoms with Crippen molar-refractivity contribution in [1.29, 1.82) is 0 Å². The lowest BCUT2D eigenvalue weighted by molar-refractivity contribution is 0.463. The van der Waals surface area contributed by atoms with Gasteiger partial charge in [-0.1, -0.05) is 23.2 Å². The van der Waals surface area contributed by atoms with E-state index in [2.05, 4.69) is 17.6 Å². The average Bonchev–Trinajstić information content (AvgIpc) is 2.22. The molecule has 0 saturated heterocycles. The van der Waals surface area contributed by atoms with E-state index in [-0.39, 0.29) is 5.75 Å². The van der Waals surface area contributed by atoms with Crippen molar-refractivity contribution in [3.8, 4) is 17.0 Å². The molecule has 0 aliphatic carbocycles. The fourth-order valence-electron chi connectivity index (χ4n) is 1.30. The van der Waals surface area contributed by atoms with Gasteiger partial charge in [0, 0.05) is 16.7 Å². The fraction of sp³-hybridized carbons (Fsp3) is 0. The third kappa shape index (κ3) is 2.26. The minimum atomic E-state index is 0.122. The number of hydrogen-bond donors (Lipinski definition) is 2. The van der Waals surface area contributed by atoms with Crippen LogP contribution in [0.5, 0.6) is 5.75 Å². The van der Waals surface area contributed by atoms with Gasteiger partial charge in [0.05, 0.1) is 15.7 Å². The number of halogens is 2. The van der Waals surface area contributed by atoms with Gasteiger partial charge in [0.1, 0.15) is 5.75 Å². The monoisotopic (exact) mass is 271 g/mol. The third-order valence-electron chi connectivity index (χ3n) is 2.06. The van der Waals surface area contributed by atoms with Gasteiger partial charge in [-0.05, 0) is 24.3 Å². The van der Waals surface area contributed by atoms with Crippen LogP contribution in [0.3, 0.4) is 0 Å². The first-order valence-corrected chi connectivity index (χ1v) is 5.61.